The van der Waals surface area contributed by atoms with E-state index in [9.17, 15) is 19.2 Å². The van der Waals surface area contributed by atoms with Gasteiger partial charge < -0.3 is 121 Å². The van der Waals surface area contributed by atoms with Gasteiger partial charge in [-0.3, -0.25) is 19.2 Å². The first kappa shape index (κ1) is 156. The van der Waals surface area contributed by atoms with Crippen LogP contribution < -0.4 is 58.2 Å². The summed E-state index contributed by atoms with van der Waals surface area (Å²) in [5, 5.41) is 10.9. The molecule has 0 bridgehead atoms. The lowest BCUT2D eigenvalue weighted by Crippen LogP contribution is -2.58. The van der Waals surface area contributed by atoms with Crippen LogP contribution >= 0.6 is 0 Å². The zero-order valence-electron chi connectivity index (χ0n) is 68.8. The van der Waals surface area contributed by atoms with Crippen LogP contribution in [0, 0.1) is 17.8 Å². The lowest BCUT2D eigenvalue weighted by Gasteiger charge is -2.35. The number of nitrogens with one attached hydrogen (secondary N) is 1. The SMILES string of the molecule is C=O.C=O.C=O.C=O.C=O.C=O.C=O.C=O.C=O.CC.CC.CC(=O)N(C)[C@@H](Cc1ccccc1)C(=O)N(C)[C@@H](Cc1ccccc1)C(=O)N[C@@H](C)C(=O)N1CCCCC1.CC(C)C.CC(C)O.CCC(C)C.CCC(C)C.CCc1ccccc1.CN.CN.CN.CN.CN.CN.N.N.N. The number of amides is 4. The first-order chi connectivity index (χ1) is 47.1. The summed E-state index contributed by atoms with van der Waals surface area (Å²) in [6.45, 7) is 55.9. The maximum atomic E-state index is 13.9. The Bertz CT molecular complexity index is 1780. The van der Waals surface area contributed by atoms with Crippen LogP contribution in [0.1, 0.15) is 173 Å². The Balaban J connectivity index is -0.0000000410. The molecule has 1 heterocycles. The number of carbonyl (C=O) groups excluding carboxylic acids is 13. The third kappa shape index (κ3) is 136. The molecule has 0 spiro atoms. The van der Waals surface area contributed by atoms with Crippen molar-refractivity contribution in [1.82, 2.24) is 38.5 Å². The summed E-state index contributed by atoms with van der Waals surface area (Å²) in [6, 6.07) is 27.1. The minimum atomic E-state index is -0.861. The van der Waals surface area contributed by atoms with Gasteiger partial charge in [-0.25, -0.2) is 0 Å². The van der Waals surface area contributed by atoms with E-state index >= 15 is 0 Å². The fourth-order valence-corrected chi connectivity index (χ4v) is 5.55. The van der Waals surface area contributed by atoms with Crippen LogP contribution in [0.5, 0.6) is 0 Å². The summed E-state index contributed by atoms with van der Waals surface area (Å²) in [6.07, 6.45) is 7.22. The molecule has 27 nitrogen and oxygen atoms in total. The van der Waals surface area contributed by atoms with Gasteiger partial charge in [0, 0.05) is 53.1 Å². The quantitative estimate of drug-likeness (QED) is 0.0758. The molecule has 3 atom stereocenters. The molecule has 0 aliphatic carbocycles. The second-order valence-electron chi connectivity index (χ2n) is 18.4. The number of likely N-dealkylation sites (tertiary alicyclic amines) is 1. The van der Waals surface area contributed by atoms with Gasteiger partial charge in [0.15, 0.2) is 0 Å². The number of aryl methyl sites for hydroxylation is 1. The van der Waals surface area contributed by atoms with E-state index in [0.717, 1.165) is 54.6 Å². The van der Waals surface area contributed by atoms with Crippen molar-refractivity contribution >= 4 is 84.7 Å². The highest BCUT2D eigenvalue weighted by molar-refractivity contribution is 5.94. The molecule has 4 amide bonds. The van der Waals surface area contributed by atoms with Gasteiger partial charge in [-0.15, -0.1) is 0 Å². The monoisotopic (exact) mass is 1460 g/mol. The highest BCUT2D eigenvalue weighted by Gasteiger charge is 2.35. The molecular weight excluding hydrogens is 1290 g/mol. The van der Waals surface area contributed by atoms with Crippen molar-refractivity contribution in [1.29, 1.82) is 0 Å². The molecule has 0 aromatic heterocycles. The number of nitrogens with zero attached hydrogens (tertiary/aromatic N) is 3. The number of carbonyl (C=O) groups is 13. The molecule has 1 aliphatic heterocycles. The van der Waals surface area contributed by atoms with E-state index < -0.39 is 24.0 Å². The highest BCUT2D eigenvalue weighted by atomic mass is 16.3. The molecule has 23 N–H and O–H groups in total. The third-order valence-corrected chi connectivity index (χ3v) is 10.2. The molecular formula is C74H161N13O14. The van der Waals surface area contributed by atoms with E-state index in [4.69, 9.17) is 48.3 Å². The predicted octanol–water partition coefficient (Wildman–Crippen LogP) is 9.39. The average molecular weight is 1460 g/mol. The van der Waals surface area contributed by atoms with Gasteiger partial charge in [-0.2, -0.15) is 0 Å². The lowest BCUT2D eigenvalue weighted by molar-refractivity contribution is -0.147. The van der Waals surface area contributed by atoms with Crippen molar-refractivity contribution in [2.24, 2.45) is 52.2 Å². The number of likely N-dealkylation sites (N-methyl/N-ethyl adjacent to an activating group) is 2. The summed E-state index contributed by atoms with van der Waals surface area (Å²) in [4.78, 5) is 129. The highest BCUT2D eigenvalue weighted by Crippen LogP contribution is 2.17. The van der Waals surface area contributed by atoms with Gasteiger partial charge in [-0.05, 0) is 123 Å². The number of aliphatic hydroxyl groups excluding tert-OH is 1. The van der Waals surface area contributed by atoms with E-state index in [2.05, 4.69) is 133 Å². The van der Waals surface area contributed by atoms with Crippen LogP contribution in [0.15, 0.2) is 91.0 Å². The maximum absolute atomic E-state index is 13.9. The molecule has 0 saturated carbocycles. The lowest BCUT2D eigenvalue weighted by atomic mass is 10.00. The van der Waals surface area contributed by atoms with Gasteiger partial charge in [0.1, 0.15) is 79.2 Å². The number of hydrogen-bond acceptors (Lipinski definition) is 23. The number of aliphatic hydroxyl groups is 1. The Morgan fingerprint density at radius 2 is 0.653 bits per heavy atom. The molecule has 1 aliphatic rings. The van der Waals surface area contributed by atoms with Gasteiger partial charge in [0.05, 0.1) is 0 Å². The Hall–Kier alpha value is -7.83. The van der Waals surface area contributed by atoms with E-state index in [1.54, 1.807) is 39.8 Å². The number of hydrogen-bond donors (Lipinski definition) is 11. The Morgan fingerprint density at radius 3 is 0.851 bits per heavy atom. The molecule has 1 saturated heterocycles. The Morgan fingerprint density at radius 1 is 0.436 bits per heavy atom. The summed E-state index contributed by atoms with van der Waals surface area (Å²) >= 11 is 0. The van der Waals surface area contributed by atoms with Crippen molar-refractivity contribution in [3.63, 3.8) is 0 Å². The molecule has 27 heteroatoms. The molecule has 3 aromatic carbocycles. The van der Waals surface area contributed by atoms with Crippen LogP contribution in [-0.2, 0) is 81.6 Å². The number of piperidine rings is 1. The second-order valence-corrected chi connectivity index (χ2v) is 18.4. The molecule has 606 valence electrons. The van der Waals surface area contributed by atoms with Crippen molar-refractivity contribution in [3.8, 4) is 0 Å². The normalized spacial score (nSPS) is 9.10. The van der Waals surface area contributed by atoms with Crippen molar-refractivity contribution in [2.75, 3.05) is 69.5 Å². The minimum Gasteiger partial charge on any atom is -0.394 e. The van der Waals surface area contributed by atoms with E-state index in [-0.39, 0.29) is 48.7 Å². The van der Waals surface area contributed by atoms with E-state index in [1.807, 2.05) is 156 Å². The standard InChI is InChI=1S/C30H40N4O4.C8H10.2C5H12.C4H10.C3H8O.2C2H6.6CH5N.9CH2O.3H3N/c1-22(29(37)34-18-12-7-13-19-34)31-28(36)26(20-24-14-8-5-9-15-24)33(4)30(38)27(32(3)23(2)35)21-25-16-10-6-11-17-25;1-2-8-6-4-3-5-7-8;2*1-4-5(2)3;1-4(2)3;1-3(2)4;17*1-2;;;/h5-6,8-11,14-17,22,26-27H,7,12-13,18-21H2,1-4H3,(H,31,36);3-7H,2H2,1H3;2*5H,4H2,1-3H3;4H,1-3H3;3-4H,1-2H3;2*1-2H3;6*2H2,1H3;9*1H2;3*1H3/t22-,26-,27-;;;;;;;;;;;;;;;;;;;;;;;;;/m0........................./s1. The Kier molecular flexibility index (Phi) is 248. The Labute approximate surface area is 617 Å². The van der Waals surface area contributed by atoms with Crippen molar-refractivity contribution in [3.05, 3.63) is 108 Å². The first-order valence-electron chi connectivity index (χ1n) is 32.1. The summed E-state index contributed by atoms with van der Waals surface area (Å²) in [5.41, 5.74) is 30.2. The van der Waals surface area contributed by atoms with Crippen LogP contribution in [0.25, 0.3) is 0 Å². The summed E-state index contributed by atoms with van der Waals surface area (Å²) in [7, 11) is 12.2. The first-order valence-corrected chi connectivity index (χ1v) is 32.1. The maximum Gasteiger partial charge on any atom is 0.246 e. The van der Waals surface area contributed by atoms with Crippen LogP contribution in [0.3, 0.4) is 0 Å². The fourth-order valence-electron chi connectivity index (χ4n) is 5.55. The number of nitrogens with two attached hydrogens (primary N) is 6. The van der Waals surface area contributed by atoms with Gasteiger partial charge in [0.2, 0.25) is 23.6 Å². The smallest absolute Gasteiger partial charge is 0.246 e. The summed E-state index contributed by atoms with van der Waals surface area (Å²) < 4.78 is 0. The van der Waals surface area contributed by atoms with Gasteiger partial charge in [-0.1, -0.05) is 201 Å². The second kappa shape index (κ2) is 160. The van der Waals surface area contributed by atoms with Crippen LogP contribution in [0.2, 0.25) is 0 Å². The third-order valence-electron chi connectivity index (χ3n) is 10.2. The topological polar surface area (TPSA) is 525 Å². The molecule has 4 rings (SSSR count). The zero-order valence-corrected chi connectivity index (χ0v) is 68.8. The summed E-state index contributed by atoms with van der Waals surface area (Å²) in [5.74, 6) is 1.52. The molecule has 3 aromatic rings. The average Bonchev–Trinajstić information content (AvgIpc) is 0.826. The number of benzene rings is 3. The molecule has 101 heavy (non-hydrogen) atoms. The van der Waals surface area contributed by atoms with Crippen LogP contribution in [-0.4, -0.2) is 198 Å². The van der Waals surface area contributed by atoms with E-state index in [0.29, 0.717) is 19.5 Å². The molecule has 0 unspecified atom stereocenters. The van der Waals surface area contributed by atoms with Gasteiger partial charge >= 0.3 is 0 Å². The van der Waals surface area contributed by atoms with Gasteiger partial charge in [0.25, 0.3) is 0 Å². The zero-order chi connectivity index (χ0) is 83.2. The largest absolute Gasteiger partial charge is 0.394 e. The van der Waals surface area contributed by atoms with Crippen molar-refractivity contribution < 1.29 is 67.4 Å². The molecule has 1 fully saturated rings. The minimum absolute atomic E-state index is 0. The van der Waals surface area contributed by atoms with Crippen LogP contribution in [0.4, 0.5) is 0 Å². The predicted molar refractivity (Wildman–Crippen MR) is 434 cm³/mol. The molecule has 0 radical (unpaired) electrons. The van der Waals surface area contributed by atoms with Crippen molar-refractivity contribution in [2.45, 2.75) is 200 Å². The fraction of sp³-hybridized carbons (Fsp3) is 0.581. The number of rotatable bonds is 13. The van der Waals surface area contributed by atoms with E-state index in [1.165, 1.54) is 77.4 Å².